The van der Waals surface area contributed by atoms with Crippen molar-refractivity contribution in [1.29, 1.82) is 0 Å². The maximum atomic E-state index is 13.8. The molecule has 2 aromatic heterocycles. The van der Waals surface area contributed by atoms with Gasteiger partial charge in [-0.15, -0.1) is 0 Å². The molecular weight excluding hydrogens is 437 g/mol. The third-order valence-electron chi connectivity index (χ3n) is 5.64. The van der Waals surface area contributed by atoms with E-state index < -0.39 is 29.5 Å². The smallest absolute Gasteiger partial charge is 0.370 e. The average Bonchev–Trinajstić information content (AvgIpc) is 3.21. The Morgan fingerprint density at radius 1 is 1.09 bits per heavy atom. The van der Waals surface area contributed by atoms with Gasteiger partial charge in [-0.05, 0) is 48.6 Å². The monoisotopic (exact) mass is 458 g/mol. The molecule has 0 radical (unpaired) electrons. The molecule has 1 aliphatic heterocycles. The molecule has 3 heterocycles. The van der Waals surface area contributed by atoms with Crippen molar-refractivity contribution in [1.82, 2.24) is 14.3 Å². The molecule has 8 nitrogen and oxygen atoms in total. The average molecular weight is 458 g/mol. The van der Waals surface area contributed by atoms with Gasteiger partial charge in [0.1, 0.15) is 11.3 Å². The van der Waals surface area contributed by atoms with Crippen LogP contribution in [0.5, 0.6) is 0 Å². The van der Waals surface area contributed by atoms with Crippen LogP contribution in [0.25, 0.3) is 5.65 Å². The summed E-state index contributed by atoms with van der Waals surface area (Å²) >= 11 is 0. The van der Waals surface area contributed by atoms with Gasteiger partial charge in [0.25, 0.3) is 11.8 Å². The van der Waals surface area contributed by atoms with E-state index >= 15 is 0 Å². The van der Waals surface area contributed by atoms with Gasteiger partial charge in [0.15, 0.2) is 5.96 Å². The second-order valence-corrected chi connectivity index (χ2v) is 7.80. The van der Waals surface area contributed by atoms with Gasteiger partial charge in [-0.3, -0.25) is 9.59 Å². The quantitative estimate of drug-likeness (QED) is 0.462. The number of halogens is 3. The summed E-state index contributed by atoms with van der Waals surface area (Å²) in [5.74, 6) is -2.15. The van der Waals surface area contributed by atoms with Gasteiger partial charge >= 0.3 is 6.18 Å². The highest BCUT2D eigenvalue weighted by atomic mass is 19.4. The Labute approximate surface area is 186 Å². The SMILES string of the molecule is NC(N)=NC(=O)c1ccc(C2CCN(C(=O)c3cn4ccccc4n3)CC2)c(C(F)(F)F)c1. The standard InChI is InChI=1S/C22H21F3N6O2/c23-22(24,25)16-11-14(19(32)29-21(26)27)4-5-15(16)13-6-9-30(10-7-13)20(33)17-12-31-8-2-1-3-18(31)28-17/h1-5,8,11-13H,6-7,9-10H2,(H4,26,27,29,32). The number of likely N-dealkylation sites (tertiary alicyclic amines) is 1. The van der Waals surface area contributed by atoms with Gasteiger partial charge in [-0.1, -0.05) is 12.1 Å². The molecule has 0 atom stereocenters. The van der Waals surface area contributed by atoms with E-state index in [9.17, 15) is 22.8 Å². The summed E-state index contributed by atoms with van der Waals surface area (Å²) in [6, 6.07) is 8.77. The Hall–Kier alpha value is -3.89. The highest BCUT2D eigenvalue weighted by molar-refractivity contribution is 6.02. The lowest BCUT2D eigenvalue weighted by Crippen LogP contribution is -2.38. The first kappa shape index (κ1) is 22.3. The molecule has 1 aromatic carbocycles. The van der Waals surface area contributed by atoms with E-state index in [-0.39, 0.29) is 17.0 Å². The molecule has 1 fully saturated rings. The molecule has 4 rings (SSSR count). The third-order valence-corrected chi connectivity index (χ3v) is 5.64. The number of carbonyl (C=O) groups excluding carboxylic acids is 2. The first-order chi connectivity index (χ1) is 15.6. The molecule has 0 bridgehead atoms. The summed E-state index contributed by atoms with van der Waals surface area (Å²) in [7, 11) is 0. The van der Waals surface area contributed by atoms with E-state index in [2.05, 4.69) is 9.98 Å². The van der Waals surface area contributed by atoms with Crippen LogP contribution in [0.1, 0.15) is 50.7 Å². The van der Waals surface area contributed by atoms with Crippen LogP contribution in [0, 0.1) is 0 Å². The van der Waals surface area contributed by atoms with Crippen molar-refractivity contribution in [2.24, 2.45) is 16.5 Å². The number of hydrogen-bond acceptors (Lipinski definition) is 3. The summed E-state index contributed by atoms with van der Waals surface area (Å²) in [6.45, 7) is 0.590. The highest BCUT2D eigenvalue weighted by Crippen LogP contribution is 2.39. The van der Waals surface area contributed by atoms with Gasteiger partial charge < -0.3 is 20.8 Å². The van der Waals surface area contributed by atoms with Crippen molar-refractivity contribution in [3.8, 4) is 0 Å². The minimum Gasteiger partial charge on any atom is -0.370 e. The normalized spacial score (nSPS) is 14.9. The molecule has 33 heavy (non-hydrogen) atoms. The van der Waals surface area contributed by atoms with Crippen LogP contribution in [-0.4, -0.2) is 45.1 Å². The topological polar surface area (TPSA) is 119 Å². The number of fused-ring (bicyclic) bond motifs is 1. The number of guanidine groups is 1. The minimum atomic E-state index is -4.66. The summed E-state index contributed by atoms with van der Waals surface area (Å²) in [5.41, 5.74) is 10.2. The number of pyridine rings is 1. The van der Waals surface area contributed by atoms with Crippen molar-refractivity contribution in [2.45, 2.75) is 24.9 Å². The zero-order valence-corrected chi connectivity index (χ0v) is 17.4. The number of nitrogens with two attached hydrogens (primary N) is 2. The van der Waals surface area contributed by atoms with Crippen LogP contribution in [0.15, 0.2) is 53.8 Å². The Bertz CT molecular complexity index is 1210. The largest absolute Gasteiger partial charge is 0.416 e. The van der Waals surface area contributed by atoms with Gasteiger partial charge in [-0.2, -0.15) is 18.2 Å². The number of hydrogen-bond donors (Lipinski definition) is 2. The molecule has 0 spiro atoms. The molecule has 172 valence electrons. The van der Waals surface area contributed by atoms with Gasteiger partial charge in [0.2, 0.25) is 0 Å². The van der Waals surface area contributed by atoms with Crippen molar-refractivity contribution in [3.05, 3.63) is 71.2 Å². The van der Waals surface area contributed by atoms with Crippen molar-refractivity contribution in [3.63, 3.8) is 0 Å². The maximum absolute atomic E-state index is 13.8. The number of amides is 2. The van der Waals surface area contributed by atoms with Crippen LogP contribution in [0.4, 0.5) is 13.2 Å². The lowest BCUT2D eigenvalue weighted by Gasteiger charge is -2.33. The lowest BCUT2D eigenvalue weighted by atomic mass is 9.85. The fraction of sp³-hybridized carbons (Fsp3) is 0.273. The van der Waals surface area contributed by atoms with E-state index in [1.54, 1.807) is 27.8 Å². The Balaban J connectivity index is 1.52. The van der Waals surface area contributed by atoms with E-state index in [4.69, 9.17) is 11.5 Å². The Morgan fingerprint density at radius 2 is 1.82 bits per heavy atom. The molecule has 1 aliphatic rings. The fourth-order valence-corrected chi connectivity index (χ4v) is 4.07. The lowest BCUT2D eigenvalue weighted by molar-refractivity contribution is -0.138. The summed E-state index contributed by atoms with van der Waals surface area (Å²) in [4.78, 5) is 34.0. The second kappa shape index (κ2) is 8.57. The first-order valence-electron chi connectivity index (χ1n) is 10.2. The van der Waals surface area contributed by atoms with Gasteiger partial charge in [0.05, 0.1) is 5.56 Å². The first-order valence-corrected chi connectivity index (χ1v) is 10.2. The third kappa shape index (κ3) is 4.66. The molecule has 0 aliphatic carbocycles. The number of imidazole rings is 1. The maximum Gasteiger partial charge on any atom is 0.416 e. The number of rotatable bonds is 3. The number of benzene rings is 1. The number of piperidine rings is 1. The van der Waals surface area contributed by atoms with E-state index in [0.29, 0.717) is 37.3 Å². The van der Waals surface area contributed by atoms with Crippen molar-refractivity contribution in [2.75, 3.05) is 13.1 Å². The van der Waals surface area contributed by atoms with E-state index in [0.717, 1.165) is 6.07 Å². The number of aliphatic imine (C=N–C) groups is 1. The summed E-state index contributed by atoms with van der Waals surface area (Å²) in [6.07, 6.45) is -0.538. The minimum absolute atomic E-state index is 0.0866. The van der Waals surface area contributed by atoms with Crippen LogP contribution in [-0.2, 0) is 6.18 Å². The number of carbonyl (C=O) groups is 2. The molecule has 11 heteroatoms. The van der Waals surface area contributed by atoms with Crippen LogP contribution < -0.4 is 11.5 Å². The molecule has 0 saturated carbocycles. The molecule has 4 N–H and O–H groups in total. The molecule has 0 unspecified atom stereocenters. The Kier molecular flexibility index (Phi) is 5.79. The Morgan fingerprint density at radius 3 is 2.45 bits per heavy atom. The molecule has 1 saturated heterocycles. The molecule has 2 amide bonds. The summed E-state index contributed by atoms with van der Waals surface area (Å²) < 4.78 is 43.0. The van der Waals surface area contributed by atoms with E-state index in [1.165, 1.54) is 12.1 Å². The van der Waals surface area contributed by atoms with Crippen molar-refractivity contribution < 1.29 is 22.8 Å². The second-order valence-electron chi connectivity index (χ2n) is 7.80. The van der Waals surface area contributed by atoms with Crippen LogP contribution in [0.3, 0.4) is 0 Å². The number of nitrogens with zero attached hydrogens (tertiary/aromatic N) is 4. The molecule has 3 aromatic rings. The van der Waals surface area contributed by atoms with Gasteiger partial charge in [-0.25, -0.2) is 4.98 Å². The fourth-order valence-electron chi connectivity index (χ4n) is 4.07. The summed E-state index contributed by atoms with van der Waals surface area (Å²) in [5, 5.41) is 0. The zero-order chi connectivity index (χ0) is 23.8. The predicted octanol–water partition coefficient (Wildman–Crippen LogP) is 2.79. The van der Waals surface area contributed by atoms with E-state index in [1.807, 2.05) is 12.1 Å². The molecular formula is C22H21F3N6O2. The zero-order valence-electron chi connectivity index (χ0n) is 17.4. The predicted molar refractivity (Wildman–Crippen MR) is 115 cm³/mol. The number of aromatic nitrogens is 2. The number of alkyl halides is 3. The van der Waals surface area contributed by atoms with Crippen LogP contribution >= 0.6 is 0 Å². The highest BCUT2D eigenvalue weighted by Gasteiger charge is 2.37. The van der Waals surface area contributed by atoms with Crippen molar-refractivity contribution >= 4 is 23.4 Å². The van der Waals surface area contributed by atoms with Crippen LogP contribution in [0.2, 0.25) is 0 Å². The van der Waals surface area contributed by atoms with Gasteiger partial charge in [0, 0.05) is 31.0 Å².